The molecule has 1 aliphatic rings. The maximum atomic E-state index is 13.3. The number of halogens is 3. The van der Waals surface area contributed by atoms with Crippen LogP contribution in [0.5, 0.6) is 11.5 Å². The molecule has 4 nitrogen and oxygen atoms in total. The SMILES string of the molecule is O=C(O)C1(C(F)(F)F)CCN(Cc2cccc(Oc3ccccc3)c2)C1. The van der Waals surface area contributed by atoms with Gasteiger partial charge in [-0.3, -0.25) is 9.69 Å². The summed E-state index contributed by atoms with van der Waals surface area (Å²) in [6, 6.07) is 16.2. The van der Waals surface area contributed by atoms with Crippen LogP contribution in [0.4, 0.5) is 13.2 Å². The topological polar surface area (TPSA) is 49.8 Å². The molecule has 1 saturated heterocycles. The maximum absolute atomic E-state index is 13.3. The Bertz CT molecular complexity index is 779. The van der Waals surface area contributed by atoms with Crippen LogP contribution in [-0.2, 0) is 11.3 Å². The molecule has 7 heteroatoms. The molecule has 1 atom stereocenters. The van der Waals surface area contributed by atoms with Crippen molar-refractivity contribution in [1.82, 2.24) is 4.90 Å². The first-order valence-electron chi connectivity index (χ1n) is 8.14. The average Bonchev–Trinajstić information content (AvgIpc) is 3.01. The predicted molar refractivity (Wildman–Crippen MR) is 89.0 cm³/mol. The Hall–Kier alpha value is -2.54. The molecule has 0 spiro atoms. The fourth-order valence-corrected chi connectivity index (χ4v) is 3.14. The summed E-state index contributed by atoms with van der Waals surface area (Å²) in [6.07, 6.45) is -5.21. The molecule has 1 unspecified atom stereocenters. The van der Waals surface area contributed by atoms with Crippen LogP contribution in [0.15, 0.2) is 54.6 Å². The number of likely N-dealkylation sites (tertiary alicyclic amines) is 1. The lowest BCUT2D eigenvalue weighted by molar-refractivity contribution is -0.227. The van der Waals surface area contributed by atoms with E-state index in [2.05, 4.69) is 0 Å². The zero-order valence-electron chi connectivity index (χ0n) is 13.9. The van der Waals surface area contributed by atoms with Crippen molar-refractivity contribution in [3.05, 3.63) is 60.2 Å². The largest absolute Gasteiger partial charge is 0.481 e. The van der Waals surface area contributed by atoms with E-state index in [1.807, 2.05) is 18.2 Å². The standard InChI is InChI=1S/C19H18F3NO3/c20-19(21,22)18(17(24)25)9-10-23(13-18)12-14-5-4-8-16(11-14)26-15-6-2-1-3-7-15/h1-8,11H,9-10,12-13H2,(H,24,25). The number of ether oxygens (including phenoxy) is 1. The molecule has 0 bridgehead atoms. The average molecular weight is 365 g/mol. The Morgan fingerprint density at radius 3 is 2.42 bits per heavy atom. The van der Waals surface area contributed by atoms with Crippen LogP contribution in [0.2, 0.25) is 0 Å². The van der Waals surface area contributed by atoms with Crippen molar-refractivity contribution >= 4 is 5.97 Å². The molecule has 0 aliphatic carbocycles. The lowest BCUT2D eigenvalue weighted by Gasteiger charge is -2.27. The minimum Gasteiger partial charge on any atom is -0.481 e. The Kier molecular flexibility index (Phi) is 4.91. The van der Waals surface area contributed by atoms with Gasteiger partial charge in [0.1, 0.15) is 11.5 Å². The lowest BCUT2D eigenvalue weighted by Crippen LogP contribution is -2.47. The Morgan fingerprint density at radius 1 is 1.12 bits per heavy atom. The number of alkyl halides is 3. The lowest BCUT2D eigenvalue weighted by atomic mass is 9.86. The predicted octanol–water partition coefficient (Wildman–Crippen LogP) is 4.32. The van der Waals surface area contributed by atoms with E-state index >= 15 is 0 Å². The van der Waals surface area contributed by atoms with E-state index in [1.54, 1.807) is 36.4 Å². The summed E-state index contributed by atoms with van der Waals surface area (Å²) in [5.74, 6) is -0.574. The highest BCUT2D eigenvalue weighted by molar-refractivity contribution is 5.76. The van der Waals surface area contributed by atoms with Crippen molar-refractivity contribution in [2.24, 2.45) is 5.41 Å². The van der Waals surface area contributed by atoms with Gasteiger partial charge in [-0.1, -0.05) is 30.3 Å². The van der Waals surface area contributed by atoms with E-state index in [0.717, 1.165) is 5.56 Å². The van der Waals surface area contributed by atoms with Gasteiger partial charge in [-0.25, -0.2) is 0 Å². The van der Waals surface area contributed by atoms with Crippen molar-refractivity contribution in [2.75, 3.05) is 13.1 Å². The molecule has 2 aromatic rings. The fourth-order valence-electron chi connectivity index (χ4n) is 3.14. The third-order valence-corrected chi connectivity index (χ3v) is 4.58. The number of carboxylic acids is 1. The summed E-state index contributed by atoms with van der Waals surface area (Å²) in [7, 11) is 0. The highest BCUT2D eigenvalue weighted by atomic mass is 19.4. The van der Waals surface area contributed by atoms with Crippen LogP contribution in [0.25, 0.3) is 0 Å². The van der Waals surface area contributed by atoms with Gasteiger partial charge in [0.25, 0.3) is 0 Å². The number of hydrogen-bond acceptors (Lipinski definition) is 3. The molecule has 1 N–H and O–H groups in total. The second-order valence-corrected chi connectivity index (χ2v) is 6.41. The van der Waals surface area contributed by atoms with Gasteiger partial charge in [0, 0.05) is 19.6 Å². The first-order chi connectivity index (χ1) is 12.3. The van der Waals surface area contributed by atoms with Gasteiger partial charge in [0.15, 0.2) is 5.41 Å². The molecule has 0 radical (unpaired) electrons. The fraction of sp³-hybridized carbons (Fsp3) is 0.316. The smallest absolute Gasteiger partial charge is 0.406 e. The first-order valence-corrected chi connectivity index (χ1v) is 8.14. The van der Waals surface area contributed by atoms with Gasteiger partial charge in [-0.15, -0.1) is 0 Å². The first kappa shape index (κ1) is 18.3. The Balaban J connectivity index is 1.70. The van der Waals surface area contributed by atoms with Crippen LogP contribution in [-0.4, -0.2) is 35.2 Å². The number of carbonyl (C=O) groups is 1. The Labute approximate surface area is 148 Å². The van der Waals surface area contributed by atoms with Crippen LogP contribution in [0.3, 0.4) is 0 Å². The number of carboxylic acid groups (broad SMARTS) is 1. The van der Waals surface area contributed by atoms with Gasteiger partial charge < -0.3 is 9.84 Å². The van der Waals surface area contributed by atoms with Crippen molar-refractivity contribution in [3.8, 4) is 11.5 Å². The van der Waals surface area contributed by atoms with Crippen LogP contribution >= 0.6 is 0 Å². The molecule has 3 rings (SSSR count). The number of aliphatic carboxylic acids is 1. The minimum absolute atomic E-state index is 0.0789. The van der Waals surface area contributed by atoms with Gasteiger partial charge in [-0.2, -0.15) is 13.2 Å². The van der Waals surface area contributed by atoms with E-state index in [-0.39, 0.29) is 13.1 Å². The highest BCUT2D eigenvalue weighted by Gasteiger charge is 2.63. The van der Waals surface area contributed by atoms with Crippen molar-refractivity contribution in [2.45, 2.75) is 19.1 Å². The zero-order chi connectivity index (χ0) is 18.8. The van der Waals surface area contributed by atoms with Crippen LogP contribution in [0, 0.1) is 5.41 Å². The monoisotopic (exact) mass is 365 g/mol. The molecule has 0 saturated carbocycles. The summed E-state index contributed by atoms with van der Waals surface area (Å²) < 4.78 is 45.5. The van der Waals surface area contributed by atoms with E-state index in [0.29, 0.717) is 11.5 Å². The Morgan fingerprint density at radius 2 is 1.81 bits per heavy atom. The highest BCUT2D eigenvalue weighted by Crippen LogP contribution is 2.46. The van der Waals surface area contributed by atoms with Gasteiger partial charge in [0.05, 0.1) is 0 Å². The molecule has 1 heterocycles. The number of nitrogens with zero attached hydrogens (tertiary/aromatic N) is 1. The second-order valence-electron chi connectivity index (χ2n) is 6.41. The summed E-state index contributed by atoms with van der Waals surface area (Å²) in [4.78, 5) is 12.8. The summed E-state index contributed by atoms with van der Waals surface area (Å²) in [6.45, 7) is -0.234. The van der Waals surface area contributed by atoms with E-state index in [4.69, 9.17) is 9.84 Å². The molecular weight excluding hydrogens is 347 g/mol. The zero-order valence-corrected chi connectivity index (χ0v) is 13.9. The summed E-state index contributed by atoms with van der Waals surface area (Å²) >= 11 is 0. The number of hydrogen-bond donors (Lipinski definition) is 1. The molecule has 138 valence electrons. The number of benzene rings is 2. The van der Waals surface area contributed by atoms with Gasteiger partial charge in [-0.05, 0) is 36.2 Å². The van der Waals surface area contributed by atoms with Gasteiger partial charge >= 0.3 is 12.1 Å². The van der Waals surface area contributed by atoms with E-state index in [9.17, 15) is 18.0 Å². The third-order valence-electron chi connectivity index (χ3n) is 4.58. The van der Waals surface area contributed by atoms with Crippen molar-refractivity contribution in [1.29, 1.82) is 0 Å². The van der Waals surface area contributed by atoms with Crippen molar-refractivity contribution in [3.63, 3.8) is 0 Å². The third kappa shape index (κ3) is 3.67. The molecule has 0 aromatic heterocycles. The van der Waals surface area contributed by atoms with Crippen molar-refractivity contribution < 1.29 is 27.8 Å². The molecule has 1 aliphatic heterocycles. The molecule has 1 fully saturated rings. The van der Waals surface area contributed by atoms with Crippen LogP contribution in [0.1, 0.15) is 12.0 Å². The molecule has 2 aromatic carbocycles. The number of rotatable bonds is 5. The minimum atomic E-state index is -4.77. The normalized spacial score (nSPS) is 20.9. The van der Waals surface area contributed by atoms with E-state index < -0.39 is 30.5 Å². The van der Waals surface area contributed by atoms with E-state index in [1.165, 1.54) is 4.90 Å². The van der Waals surface area contributed by atoms with Crippen LogP contribution < -0.4 is 4.74 Å². The quantitative estimate of drug-likeness (QED) is 0.857. The molecule has 0 amide bonds. The molecular formula is C19H18F3NO3. The maximum Gasteiger partial charge on any atom is 0.406 e. The summed E-state index contributed by atoms with van der Waals surface area (Å²) in [5, 5.41) is 9.12. The number of para-hydroxylation sites is 1. The summed E-state index contributed by atoms with van der Waals surface area (Å²) in [5.41, 5.74) is -1.92. The second kappa shape index (κ2) is 6.99. The molecule has 26 heavy (non-hydrogen) atoms. The van der Waals surface area contributed by atoms with Gasteiger partial charge in [0.2, 0.25) is 0 Å².